The van der Waals surface area contributed by atoms with Crippen molar-refractivity contribution in [3.63, 3.8) is 0 Å². The van der Waals surface area contributed by atoms with E-state index in [4.69, 9.17) is 4.74 Å². The van der Waals surface area contributed by atoms with Gasteiger partial charge in [-0.2, -0.15) is 0 Å². The molecule has 2 aromatic rings. The van der Waals surface area contributed by atoms with Crippen LogP contribution in [0.4, 0.5) is 0 Å². The lowest BCUT2D eigenvalue weighted by atomic mass is 10.3. The molecule has 3 nitrogen and oxygen atoms in total. The van der Waals surface area contributed by atoms with Gasteiger partial charge in [-0.25, -0.2) is 4.98 Å². The number of para-hydroxylation sites is 2. The molecule has 0 amide bonds. The van der Waals surface area contributed by atoms with Gasteiger partial charge in [-0.15, -0.1) is 0 Å². The summed E-state index contributed by atoms with van der Waals surface area (Å²) in [6.45, 7) is 7.29. The topological polar surface area (TPSA) is 27.1 Å². The van der Waals surface area contributed by atoms with Gasteiger partial charge in [0.15, 0.2) is 0 Å². The van der Waals surface area contributed by atoms with Crippen molar-refractivity contribution in [1.29, 1.82) is 0 Å². The van der Waals surface area contributed by atoms with Crippen molar-refractivity contribution >= 4 is 11.0 Å². The van der Waals surface area contributed by atoms with Gasteiger partial charge in [-0.1, -0.05) is 24.3 Å². The van der Waals surface area contributed by atoms with Crippen LogP contribution in [-0.2, 0) is 17.9 Å². The van der Waals surface area contributed by atoms with Crippen LogP contribution in [0.15, 0.2) is 36.4 Å². The zero-order valence-corrected chi connectivity index (χ0v) is 9.73. The van der Waals surface area contributed by atoms with Gasteiger partial charge in [0, 0.05) is 13.7 Å². The number of ether oxygens (including phenoxy) is 1. The van der Waals surface area contributed by atoms with Crippen molar-refractivity contribution in [1.82, 2.24) is 9.55 Å². The molecule has 0 N–H and O–H groups in total. The van der Waals surface area contributed by atoms with E-state index >= 15 is 0 Å². The van der Waals surface area contributed by atoms with E-state index in [1.807, 2.05) is 25.1 Å². The normalized spacial score (nSPS) is 10.9. The third-order valence-electron chi connectivity index (χ3n) is 2.44. The zero-order valence-electron chi connectivity index (χ0n) is 9.73. The van der Waals surface area contributed by atoms with E-state index in [1.165, 1.54) is 0 Å². The summed E-state index contributed by atoms with van der Waals surface area (Å²) in [6, 6.07) is 8.11. The number of hydrogen-bond donors (Lipinski definition) is 0. The van der Waals surface area contributed by atoms with Crippen molar-refractivity contribution in [2.45, 2.75) is 20.1 Å². The minimum atomic E-state index is 0.530. The predicted octanol–water partition coefficient (Wildman–Crippen LogP) is 2.76. The molecule has 0 spiro atoms. The summed E-state index contributed by atoms with van der Waals surface area (Å²) in [5, 5.41) is 0. The van der Waals surface area contributed by atoms with Gasteiger partial charge >= 0.3 is 0 Å². The highest BCUT2D eigenvalue weighted by molar-refractivity contribution is 5.75. The summed E-state index contributed by atoms with van der Waals surface area (Å²) >= 11 is 0. The van der Waals surface area contributed by atoms with Crippen molar-refractivity contribution in [2.75, 3.05) is 7.11 Å². The van der Waals surface area contributed by atoms with Crippen LogP contribution >= 0.6 is 0 Å². The average molecular weight is 216 g/mol. The van der Waals surface area contributed by atoms with E-state index in [0.717, 1.165) is 29.0 Å². The van der Waals surface area contributed by atoms with Crippen molar-refractivity contribution in [3.05, 3.63) is 42.2 Å². The van der Waals surface area contributed by atoms with Crippen LogP contribution in [0.25, 0.3) is 11.0 Å². The molecule has 0 aliphatic heterocycles. The summed E-state index contributed by atoms with van der Waals surface area (Å²) < 4.78 is 7.32. The minimum Gasteiger partial charge on any atom is -0.377 e. The van der Waals surface area contributed by atoms with E-state index in [2.05, 4.69) is 22.2 Å². The van der Waals surface area contributed by atoms with Gasteiger partial charge in [-0.05, 0) is 19.1 Å². The van der Waals surface area contributed by atoms with E-state index < -0.39 is 0 Å². The second-order valence-corrected chi connectivity index (χ2v) is 3.99. The maximum absolute atomic E-state index is 5.17. The minimum absolute atomic E-state index is 0.530. The van der Waals surface area contributed by atoms with Gasteiger partial charge in [0.05, 0.1) is 11.0 Å². The van der Waals surface area contributed by atoms with Crippen LogP contribution < -0.4 is 0 Å². The molecular weight excluding hydrogens is 200 g/mol. The fraction of sp³-hybridized carbons (Fsp3) is 0.308. The number of allylic oxidation sites excluding steroid dienone is 1. The van der Waals surface area contributed by atoms with Crippen LogP contribution in [0.1, 0.15) is 12.7 Å². The summed E-state index contributed by atoms with van der Waals surface area (Å²) in [5.74, 6) is 0.951. The Bertz CT molecular complexity index is 514. The molecule has 0 aliphatic carbocycles. The SMILES string of the molecule is C=C(C)Cn1c(COC)nc2ccccc21. The monoisotopic (exact) mass is 216 g/mol. The third kappa shape index (κ3) is 1.99. The first-order chi connectivity index (χ1) is 7.72. The number of benzene rings is 1. The Balaban J connectivity index is 2.54. The van der Waals surface area contributed by atoms with Gasteiger partial charge in [0.1, 0.15) is 12.4 Å². The quantitative estimate of drug-likeness (QED) is 0.735. The van der Waals surface area contributed by atoms with Gasteiger partial charge < -0.3 is 9.30 Å². The molecule has 1 heterocycles. The number of methoxy groups -OCH3 is 1. The lowest BCUT2D eigenvalue weighted by Gasteiger charge is -2.07. The first-order valence-electron chi connectivity index (χ1n) is 5.30. The molecule has 0 saturated carbocycles. The second kappa shape index (κ2) is 4.49. The molecular formula is C13H16N2O. The maximum atomic E-state index is 5.17. The summed E-state index contributed by atoms with van der Waals surface area (Å²) in [6.07, 6.45) is 0. The molecule has 0 radical (unpaired) electrons. The average Bonchev–Trinajstić information content (AvgIpc) is 2.57. The number of fused-ring (bicyclic) bond motifs is 1. The van der Waals surface area contributed by atoms with Crippen LogP contribution in [0.3, 0.4) is 0 Å². The first kappa shape index (κ1) is 10.9. The molecule has 3 heteroatoms. The summed E-state index contributed by atoms with van der Waals surface area (Å²) in [7, 11) is 1.68. The highest BCUT2D eigenvalue weighted by Crippen LogP contribution is 2.17. The van der Waals surface area contributed by atoms with Crippen LogP contribution in [0, 0.1) is 0 Å². The Hall–Kier alpha value is -1.61. The molecule has 1 aromatic heterocycles. The summed E-state index contributed by atoms with van der Waals surface area (Å²) in [4.78, 5) is 4.55. The van der Waals surface area contributed by atoms with Crippen molar-refractivity contribution in [3.8, 4) is 0 Å². The lowest BCUT2D eigenvalue weighted by Crippen LogP contribution is -2.05. The molecule has 0 aliphatic rings. The molecule has 0 unspecified atom stereocenters. The molecule has 84 valence electrons. The van der Waals surface area contributed by atoms with Crippen molar-refractivity contribution in [2.24, 2.45) is 0 Å². The van der Waals surface area contributed by atoms with Gasteiger partial charge in [0.2, 0.25) is 0 Å². The van der Waals surface area contributed by atoms with Gasteiger partial charge in [0.25, 0.3) is 0 Å². The number of hydrogen-bond acceptors (Lipinski definition) is 2. The Kier molecular flexibility index (Phi) is 3.06. The standard InChI is InChI=1S/C13H16N2O/c1-10(2)8-15-12-7-5-4-6-11(12)14-13(15)9-16-3/h4-7H,1,8-9H2,2-3H3. The number of nitrogens with zero attached hydrogens (tertiary/aromatic N) is 2. The third-order valence-corrected chi connectivity index (χ3v) is 2.44. The molecule has 1 aromatic carbocycles. The Morgan fingerprint density at radius 3 is 2.88 bits per heavy atom. The Labute approximate surface area is 95.4 Å². The highest BCUT2D eigenvalue weighted by Gasteiger charge is 2.09. The predicted molar refractivity (Wildman–Crippen MR) is 65.3 cm³/mol. The second-order valence-electron chi connectivity index (χ2n) is 3.99. The van der Waals surface area contributed by atoms with E-state index in [0.29, 0.717) is 6.61 Å². The Morgan fingerprint density at radius 2 is 2.19 bits per heavy atom. The summed E-state index contributed by atoms with van der Waals surface area (Å²) in [5.41, 5.74) is 3.26. The smallest absolute Gasteiger partial charge is 0.136 e. The molecule has 0 saturated heterocycles. The van der Waals surface area contributed by atoms with Crippen LogP contribution in [0.2, 0.25) is 0 Å². The molecule has 0 fully saturated rings. The maximum Gasteiger partial charge on any atom is 0.136 e. The highest BCUT2D eigenvalue weighted by atomic mass is 16.5. The fourth-order valence-electron chi connectivity index (χ4n) is 1.81. The van der Waals surface area contributed by atoms with Crippen molar-refractivity contribution < 1.29 is 4.74 Å². The Morgan fingerprint density at radius 1 is 1.44 bits per heavy atom. The van der Waals surface area contributed by atoms with Gasteiger partial charge in [-0.3, -0.25) is 0 Å². The zero-order chi connectivity index (χ0) is 11.5. The first-order valence-corrected chi connectivity index (χ1v) is 5.30. The molecule has 0 atom stereocenters. The lowest BCUT2D eigenvalue weighted by molar-refractivity contribution is 0.175. The number of aromatic nitrogens is 2. The fourth-order valence-corrected chi connectivity index (χ4v) is 1.81. The number of imidazole rings is 1. The van der Waals surface area contributed by atoms with E-state index in [1.54, 1.807) is 7.11 Å². The molecule has 0 bridgehead atoms. The molecule has 16 heavy (non-hydrogen) atoms. The van der Waals surface area contributed by atoms with Crippen LogP contribution in [0.5, 0.6) is 0 Å². The largest absolute Gasteiger partial charge is 0.377 e. The number of rotatable bonds is 4. The van der Waals surface area contributed by atoms with Crippen LogP contribution in [-0.4, -0.2) is 16.7 Å². The van der Waals surface area contributed by atoms with E-state index in [-0.39, 0.29) is 0 Å². The molecule has 2 rings (SSSR count). The van der Waals surface area contributed by atoms with E-state index in [9.17, 15) is 0 Å².